The molecule has 0 amide bonds. The van der Waals surface area contributed by atoms with Crippen LogP contribution in [0, 0.1) is 18.2 Å². The zero-order valence-electron chi connectivity index (χ0n) is 37.6. The molecular weight excluding hydrogens is 919 g/mol. The summed E-state index contributed by atoms with van der Waals surface area (Å²) in [7, 11) is 0. The quantitative estimate of drug-likeness (QED) is 0.0448. The van der Waals surface area contributed by atoms with Gasteiger partial charge in [0, 0.05) is 38.7 Å². The average Bonchev–Trinajstić information content (AvgIpc) is 3.32. The summed E-state index contributed by atoms with van der Waals surface area (Å²) in [5.74, 6) is 0. The molecule has 3 aromatic heterocycles. The first-order chi connectivity index (χ1) is 29.7. The normalized spacial score (nSPS) is 10.5. The molecule has 61 heavy (non-hydrogen) atoms. The van der Waals surface area contributed by atoms with Gasteiger partial charge in [-0.25, -0.2) is 0 Å². The molecule has 3 heterocycles. The third-order valence-electron chi connectivity index (χ3n) is 10.9. The molecule has 6 rings (SSSR count). The van der Waals surface area contributed by atoms with Crippen molar-refractivity contribution in [3.05, 3.63) is 163 Å². The molecule has 0 atom stereocenters. The fraction of sp³-hybridized carbons (Fsp3) is 0.421. The van der Waals surface area contributed by atoms with E-state index in [0.717, 1.165) is 33.8 Å². The molecular formula is C57H72IrN3-3. The molecule has 4 heteroatoms. The van der Waals surface area contributed by atoms with Crippen LogP contribution in [0.15, 0.2) is 128 Å². The minimum Gasteiger partial charge on any atom is -0.305 e. The van der Waals surface area contributed by atoms with Crippen LogP contribution in [0.1, 0.15) is 153 Å². The summed E-state index contributed by atoms with van der Waals surface area (Å²) in [5.41, 5.74) is 10.4. The summed E-state index contributed by atoms with van der Waals surface area (Å²) in [6.07, 6.45) is 33.3. The molecule has 6 aromatic rings. The van der Waals surface area contributed by atoms with Crippen LogP contribution in [0.2, 0.25) is 0 Å². The van der Waals surface area contributed by atoms with Gasteiger partial charge in [-0.1, -0.05) is 192 Å². The number of aryl methyl sites for hydroxylation is 3. The van der Waals surface area contributed by atoms with Crippen molar-refractivity contribution in [3.63, 3.8) is 0 Å². The van der Waals surface area contributed by atoms with Crippen LogP contribution in [0.5, 0.6) is 0 Å². The molecule has 0 unspecified atom stereocenters. The Hall–Kier alpha value is -4.24. The van der Waals surface area contributed by atoms with Gasteiger partial charge in [0.25, 0.3) is 0 Å². The third kappa shape index (κ3) is 21.9. The summed E-state index contributed by atoms with van der Waals surface area (Å²) in [4.78, 5) is 13.1. The molecule has 1 radical (unpaired) electrons. The predicted octanol–water partition coefficient (Wildman–Crippen LogP) is 16.4. The first-order valence-corrected chi connectivity index (χ1v) is 23.5. The summed E-state index contributed by atoms with van der Waals surface area (Å²) < 4.78 is 0. The number of hydrogen-bond donors (Lipinski definition) is 0. The molecule has 0 saturated carbocycles. The van der Waals surface area contributed by atoms with Gasteiger partial charge in [0.15, 0.2) is 0 Å². The van der Waals surface area contributed by atoms with E-state index in [1.54, 1.807) is 0 Å². The van der Waals surface area contributed by atoms with Crippen molar-refractivity contribution in [2.45, 2.75) is 156 Å². The Balaban J connectivity index is 0.000000242. The van der Waals surface area contributed by atoms with Crippen LogP contribution in [-0.2, 0) is 39.4 Å². The third-order valence-corrected chi connectivity index (χ3v) is 10.9. The predicted molar refractivity (Wildman–Crippen MR) is 257 cm³/mol. The van der Waals surface area contributed by atoms with Gasteiger partial charge in [-0.2, -0.15) is 0 Å². The fourth-order valence-corrected chi connectivity index (χ4v) is 7.21. The first kappa shape index (κ1) is 51.1. The second-order valence-electron chi connectivity index (χ2n) is 16.0. The van der Waals surface area contributed by atoms with E-state index in [-0.39, 0.29) is 20.1 Å². The van der Waals surface area contributed by atoms with E-state index in [1.165, 1.54) is 152 Å². The number of hydrogen-bond acceptors (Lipinski definition) is 3. The summed E-state index contributed by atoms with van der Waals surface area (Å²) >= 11 is 0. The minimum atomic E-state index is 0. The number of nitrogens with zero attached hydrogens (tertiary/aromatic N) is 3. The number of aromatic nitrogens is 3. The van der Waals surface area contributed by atoms with E-state index < -0.39 is 0 Å². The van der Waals surface area contributed by atoms with Gasteiger partial charge in [-0.05, 0) is 35.3 Å². The summed E-state index contributed by atoms with van der Waals surface area (Å²) in [6, 6.07) is 47.4. The maximum Gasteiger partial charge on any atom is 0.0160 e. The number of unbranched alkanes of at least 4 members (excludes halogenated alkanes) is 15. The molecule has 0 aliphatic carbocycles. The molecule has 3 nitrogen and oxygen atoms in total. The number of pyridine rings is 3. The Morgan fingerprint density at radius 1 is 0.328 bits per heavy atom. The van der Waals surface area contributed by atoms with Gasteiger partial charge >= 0.3 is 0 Å². The van der Waals surface area contributed by atoms with Crippen molar-refractivity contribution < 1.29 is 20.1 Å². The fourth-order valence-electron chi connectivity index (χ4n) is 7.21. The van der Waals surface area contributed by atoms with Gasteiger partial charge in [0.2, 0.25) is 0 Å². The second kappa shape index (κ2) is 33.4. The molecule has 0 N–H and O–H groups in total. The smallest absolute Gasteiger partial charge is 0.0160 e. The molecule has 3 aromatic carbocycles. The van der Waals surface area contributed by atoms with E-state index >= 15 is 0 Å². The molecule has 0 bridgehead atoms. The van der Waals surface area contributed by atoms with Crippen molar-refractivity contribution in [1.29, 1.82) is 0 Å². The molecule has 327 valence electrons. The Morgan fingerprint density at radius 2 is 0.607 bits per heavy atom. The zero-order chi connectivity index (χ0) is 42.1. The molecule has 0 spiro atoms. The second-order valence-corrected chi connectivity index (χ2v) is 16.0. The van der Waals surface area contributed by atoms with Crippen LogP contribution in [-0.4, -0.2) is 15.0 Å². The van der Waals surface area contributed by atoms with Gasteiger partial charge in [0.05, 0.1) is 0 Å². The van der Waals surface area contributed by atoms with E-state index in [4.69, 9.17) is 0 Å². The van der Waals surface area contributed by atoms with Gasteiger partial charge in [0.1, 0.15) is 0 Å². The minimum absolute atomic E-state index is 0. The first-order valence-electron chi connectivity index (χ1n) is 23.5. The van der Waals surface area contributed by atoms with Crippen molar-refractivity contribution >= 4 is 0 Å². The Bertz CT molecular complexity index is 1650. The van der Waals surface area contributed by atoms with Gasteiger partial charge in [-0.15, -0.1) is 106 Å². The van der Waals surface area contributed by atoms with Crippen molar-refractivity contribution in [2.75, 3.05) is 0 Å². The van der Waals surface area contributed by atoms with E-state index in [0.29, 0.717) is 0 Å². The molecule has 0 fully saturated rings. The van der Waals surface area contributed by atoms with Crippen LogP contribution in [0.3, 0.4) is 0 Å². The van der Waals surface area contributed by atoms with E-state index in [1.807, 2.05) is 73.2 Å². The van der Waals surface area contributed by atoms with Crippen molar-refractivity contribution in [3.8, 4) is 33.8 Å². The van der Waals surface area contributed by atoms with Crippen molar-refractivity contribution in [1.82, 2.24) is 15.0 Å². The van der Waals surface area contributed by atoms with Crippen LogP contribution < -0.4 is 0 Å². The van der Waals surface area contributed by atoms with Gasteiger partial charge < -0.3 is 15.0 Å². The molecule has 0 saturated heterocycles. The largest absolute Gasteiger partial charge is 0.305 e. The molecule has 0 aliphatic rings. The van der Waals surface area contributed by atoms with E-state index in [2.05, 4.69) is 109 Å². The summed E-state index contributed by atoms with van der Waals surface area (Å²) in [5, 5.41) is 0. The van der Waals surface area contributed by atoms with Crippen LogP contribution in [0.4, 0.5) is 0 Å². The monoisotopic (exact) mass is 992 g/mol. The topological polar surface area (TPSA) is 38.7 Å². The number of rotatable bonds is 24. The Morgan fingerprint density at radius 3 is 0.836 bits per heavy atom. The maximum absolute atomic E-state index is 4.35. The SMILES string of the molecule is CCCCCCCCc1c[c-]c(-c2ccccn2)cc1.CCCCCCCCc1c[c-]c(-c2ccccn2)cc1.CCCCCCCCc1c[c-]c(-c2ccccn2)cc1.[Ir]. The number of benzene rings is 3. The average molecular weight is 991 g/mol. The van der Waals surface area contributed by atoms with E-state index in [9.17, 15) is 0 Å². The van der Waals surface area contributed by atoms with Crippen LogP contribution >= 0.6 is 0 Å². The van der Waals surface area contributed by atoms with Crippen LogP contribution in [0.25, 0.3) is 33.8 Å². The zero-order valence-corrected chi connectivity index (χ0v) is 40.0. The Labute approximate surface area is 385 Å². The van der Waals surface area contributed by atoms with Gasteiger partial charge in [-0.3, -0.25) is 0 Å². The van der Waals surface area contributed by atoms with Crippen molar-refractivity contribution in [2.24, 2.45) is 0 Å². The standard InChI is InChI=1S/3C19H24N.Ir/c3*1-2-3-4-5-6-7-10-17-12-14-18(15-13-17)19-11-8-9-16-20-19;/h3*8-9,11-14,16H,2-7,10H2,1H3;/q3*-1;. The maximum atomic E-state index is 4.35. The molecule has 0 aliphatic heterocycles. The summed E-state index contributed by atoms with van der Waals surface area (Å²) in [6.45, 7) is 6.79. The Kier molecular flexibility index (Phi) is 28.0.